The van der Waals surface area contributed by atoms with Gasteiger partial charge in [0.15, 0.2) is 0 Å². The van der Waals surface area contributed by atoms with Crippen LogP contribution >= 0.6 is 0 Å². The van der Waals surface area contributed by atoms with E-state index in [0.29, 0.717) is 50.5 Å². The minimum absolute atomic E-state index is 0.0491. The van der Waals surface area contributed by atoms with Gasteiger partial charge in [-0.15, -0.1) is 0 Å². The molecule has 0 aromatic rings. The fourth-order valence-corrected chi connectivity index (χ4v) is 9.75. The fraction of sp³-hybridized carbons (Fsp3) is 0.766. The van der Waals surface area contributed by atoms with E-state index in [9.17, 15) is 39.3 Å². The molecule has 3 heterocycles. The summed E-state index contributed by atoms with van der Waals surface area (Å²) in [5.41, 5.74) is 1.44. The number of allylic oxidation sites excluding steroid dienone is 4. The van der Waals surface area contributed by atoms with Gasteiger partial charge in [0, 0.05) is 58.1 Å². The third-order valence-electron chi connectivity index (χ3n) is 13.4. The lowest BCUT2D eigenvalue weighted by atomic mass is 9.81. The number of methoxy groups -OCH3 is 3. The largest absolute Gasteiger partial charge is 0.460 e. The van der Waals surface area contributed by atoms with Crippen LogP contribution in [0.4, 0.5) is 0 Å². The maximum absolute atomic E-state index is 14.4. The molecule has 16 nitrogen and oxygen atoms in total. The van der Waals surface area contributed by atoms with E-state index in [4.69, 9.17) is 33.5 Å². The molecular weight excluding hydrogens is 819 g/mol. The number of hydrogen-bond donors (Lipinski definition) is 4. The maximum atomic E-state index is 14.4. The van der Waals surface area contributed by atoms with Gasteiger partial charge < -0.3 is 53.7 Å². The number of aliphatic hydroxyl groups excluding tert-OH is 3. The molecule has 0 spiro atoms. The summed E-state index contributed by atoms with van der Waals surface area (Å²) in [5.74, 6) is -9.27. The molecule has 16 heteroatoms. The van der Waals surface area contributed by atoms with Gasteiger partial charge in [0.25, 0.3) is 11.7 Å². The number of ketones is 2. The SMILES string of the molecule is CO[C@H]1C[C@@H](C)C/C(C)=C/[C@@H](C/C=C/C(=O)OCCO)C(=O)C[C@H](O)[C@@H](C)[C@@H](/C(C)=C/[C@@H]2CC[C@@H](O)[C@H](OC)C2)OC(=O)[C@@H]2CCCCN2C(=O)C(=O)[C@]2(O)O[C@H]1[C@@H](OC)C[C@H]2C. The number of nitrogens with zero attached hydrogens (tertiary/aromatic N) is 1. The average molecular weight is 892 g/mol. The van der Waals surface area contributed by atoms with Gasteiger partial charge in [0.2, 0.25) is 5.79 Å². The number of rotatable bonds is 10. The molecule has 4 N–H and O–H groups in total. The van der Waals surface area contributed by atoms with Crippen LogP contribution in [0.15, 0.2) is 35.5 Å². The highest BCUT2D eigenvalue weighted by molar-refractivity contribution is 6.39. The van der Waals surface area contributed by atoms with E-state index in [-0.39, 0.29) is 63.1 Å². The molecule has 3 fully saturated rings. The van der Waals surface area contributed by atoms with Crippen LogP contribution < -0.4 is 0 Å². The van der Waals surface area contributed by atoms with E-state index in [0.717, 1.165) is 10.5 Å². The van der Waals surface area contributed by atoms with Gasteiger partial charge in [-0.25, -0.2) is 9.59 Å². The zero-order chi connectivity index (χ0) is 46.6. The molecule has 0 unspecified atom stereocenters. The summed E-state index contributed by atoms with van der Waals surface area (Å²) in [5, 5.41) is 43.5. The Morgan fingerprint density at radius 3 is 2.27 bits per heavy atom. The zero-order valence-corrected chi connectivity index (χ0v) is 38.4. The fourth-order valence-electron chi connectivity index (χ4n) is 9.75. The highest BCUT2D eigenvalue weighted by atomic mass is 16.7. The van der Waals surface area contributed by atoms with Crippen molar-refractivity contribution in [3.8, 4) is 0 Å². The predicted molar refractivity (Wildman–Crippen MR) is 230 cm³/mol. The highest BCUT2D eigenvalue weighted by Gasteiger charge is 2.56. The second-order valence-corrected chi connectivity index (χ2v) is 18.3. The van der Waals surface area contributed by atoms with Gasteiger partial charge in [-0.2, -0.15) is 0 Å². The Balaban J connectivity index is 1.79. The van der Waals surface area contributed by atoms with E-state index in [1.54, 1.807) is 20.8 Å². The molecule has 1 amide bonds. The number of hydrogen-bond acceptors (Lipinski definition) is 15. The van der Waals surface area contributed by atoms with Crippen molar-refractivity contribution in [2.45, 2.75) is 160 Å². The number of carbonyl (C=O) groups is 5. The van der Waals surface area contributed by atoms with Crippen molar-refractivity contribution in [1.82, 2.24) is 4.90 Å². The molecule has 4 aliphatic rings. The van der Waals surface area contributed by atoms with Gasteiger partial charge in [-0.05, 0) is 95.5 Å². The van der Waals surface area contributed by atoms with Crippen molar-refractivity contribution in [3.05, 3.63) is 35.5 Å². The molecule has 14 atom stereocenters. The normalized spacial score (nSPS) is 38.3. The van der Waals surface area contributed by atoms with Crippen molar-refractivity contribution in [2.75, 3.05) is 41.1 Å². The lowest BCUT2D eigenvalue weighted by Crippen LogP contribution is -2.64. The molecule has 1 saturated carbocycles. The van der Waals surface area contributed by atoms with E-state index < -0.39 is 95.9 Å². The zero-order valence-electron chi connectivity index (χ0n) is 38.4. The molecule has 63 heavy (non-hydrogen) atoms. The minimum Gasteiger partial charge on any atom is -0.460 e. The summed E-state index contributed by atoms with van der Waals surface area (Å²) in [6.07, 6.45) is 4.50. The molecule has 0 aromatic carbocycles. The van der Waals surface area contributed by atoms with Crippen LogP contribution in [-0.4, -0.2) is 150 Å². The number of esters is 2. The summed E-state index contributed by atoms with van der Waals surface area (Å²) in [6, 6.07) is -1.20. The second kappa shape index (κ2) is 24.3. The summed E-state index contributed by atoms with van der Waals surface area (Å²) in [4.78, 5) is 70.6. The predicted octanol–water partition coefficient (Wildman–Crippen LogP) is 3.54. The number of piperidine rings is 1. The monoisotopic (exact) mass is 891 g/mol. The summed E-state index contributed by atoms with van der Waals surface area (Å²) < 4.78 is 34.7. The van der Waals surface area contributed by atoms with Crippen LogP contribution in [-0.2, 0) is 52.4 Å². The average Bonchev–Trinajstić information content (AvgIpc) is 3.26. The van der Waals surface area contributed by atoms with Crippen LogP contribution in [0.25, 0.3) is 0 Å². The first-order valence-corrected chi connectivity index (χ1v) is 22.6. The molecule has 0 radical (unpaired) electrons. The third-order valence-corrected chi connectivity index (χ3v) is 13.4. The summed E-state index contributed by atoms with van der Waals surface area (Å²) in [7, 11) is 4.53. The summed E-state index contributed by atoms with van der Waals surface area (Å²) in [6.45, 7) is 8.46. The molecule has 1 aliphatic carbocycles. The van der Waals surface area contributed by atoms with E-state index in [2.05, 4.69) is 0 Å². The Kier molecular flexibility index (Phi) is 20.1. The Bertz CT molecular complexity index is 1660. The van der Waals surface area contributed by atoms with Crippen molar-refractivity contribution < 1.29 is 72.8 Å². The molecule has 2 saturated heterocycles. The van der Waals surface area contributed by atoms with Crippen LogP contribution in [0, 0.1) is 29.6 Å². The van der Waals surface area contributed by atoms with Crippen LogP contribution in [0.2, 0.25) is 0 Å². The number of aliphatic hydroxyl groups is 4. The molecule has 3 aliphatic heterocycles. The number of carbonyl (C=O) groups excluding carboxylic acids is 5. The van der Waals surface area contributed by atoms with Crippen molar-refractivity contribution in [1.29, 1.82) is 0 Å². The number of cyclic esters (lactones) is 1. The molecule has 2 bridgehead atoms. The Labute approximate surface area is 372 Å². The topological polar surface area (TPSA) is 225 Å². The van der Waals surface area contributed by atoms with E-state index >= 15 is 0 Å². The number of ether oxygens (including phenoxy) is 6. The first-order valence-electron chi connectivity index (χ1n) is 22.6. The van der Waals surface area contributed by atoms with Crippen molar-refractivity contribution in [2.24, 2.45) is 29.6 Å². The maximum Gasteiger partial charge on any atom is 0.330 e. The lowest BCUT2D eigenvalue weighted by molar-refractivity contribution is -0.302. The number of Topliss-reactive ketones (excluding diaryl/α,β-unsaturated/α-hetero) is 2. The molecule has 0 aromatic heterocycles. The Hall–Kier alpha value is -3.35. The van der Waals surface area contributed by atoms with Crippen LogP contribution in [0.5, 0.6) is 0 Å². The van der Waals surface area contributed by atoms with Gasteiger partial charge in [-0.1, -0.05) is 44.6 Å². The summed E-state index contributed by atoms with van der Waals surface area (Å²) >= 11 is 0. The number of fused-ring (bicyclic) bond motifs is 3. The standard InChI is InChI=1S/C47H73NO15/c1-27-20-28(2)22-39(59-7)43-40(60-8)24-30(4)47(57,63-43)44(54)45(55)48-17-10-9-13-34(48)46(56)62-42(29(3)23-32-15-16-35(50)38(25-32)58-6)31(5)36(51)26-37(52)33(21-27)12-11-14-41(53)61-19-18-49/h11,14,21,23,28,30-36,38-40,42-43,49-51,57H,9-10,12-13,15-20,22,24-26H2,1-8H3/b14-11+,27-21+,29-23+/t28-,30+,31+,32-,33+,34-,35+,36-,38+,39-,40-,42+,43+,47+/m0/s1. The second-order valence-electron chi connectivity index (χ2n) is 18.3. The van der Waals surface area contributed by atoms with Gasteiger partial charge in [0.05, 0.1) is 37.1 Å². The highest BCUT2D eigenvalue weighted by Crippen LogP contribution is 2.39. The Morgan fingerprint density at radius 1 is 0.921 bits per heavy atom. The molecule has 4 rings (SSSR count). The van der Waals surface area contributed by atoms with Crippen LogP contribution in [0.1, 0.15) is 105 Å². The third kappa shape index (κ3) is 13.6. The van der Waals surface area contributed by atoms with Gasteiger partial charge >= 0.3 is 11.9 Å². The molecule has 356 valence electrons. The number of amides is 1. The smallest absolute Gasteiger partial charge is 0.330 e. The minimum atomic E-state index is -2.56. The lowest BCUT2D eigenvalue weighted by Gasteiger charge is -2.47. The van der Waals surface area contributed by atoms with E-state index in [1.165, 1.54) is 33.5 Å². The first kappa shape index (κ1) is 52.3. The van der Waals surface area contributed by atoms with Crippen LogP contribution in [0.3, 0.4) is 0 Å². The van der Waals surface area contributed by atoms with E-state index in [1.807, 2.05) is 26.0 Å². The molecular formula is C47H73NO15. The van der Waals surface area contributed by atoms with Crippen molar-refractivity contribution in [3.63, 3.8) is 0 Å². The van der Waals surface area contributed by atoms with Gasteiger partial charge in [0.1, 0.15) is 30.6 Å². The quantitative estimate of drug-likeness (QED) is 0.107. The van der Waals surface area contributed by atoms with Crippen molar-refractivity contribution >= 4 is 29.4 Å². The Morgan fingerprint density at radius 2 is 1.60 bits per heavy atom. The first-order chi connectivity index (χ1) is 29.9. The van der Waals surface area contributed by atoms with Gasteiger partial charge in [-0.3, -0.25) is 14.4 Å².